The lowest BCUT2D eigenvalue weighted by Crippen LogP contribution is -2.47. The standard InChI is InChI=1S/C29H28N6O3/c1-19-14-15-26(38-19)28(29(37)31-21-9-3-4-10-21)35(22-16-20-8-2-5-11-23(20)30-17-22)27(36)18-34-25-13-7-6-12-24(25)32-33-34/h2,5-8,11-17,21,28H,3-4,9-10,18H2,1H3,(H,31,37)/t28-/m0/s1. The van der Waals surface area contributed by atoms with Crippen molar-refractivity contribution in [3.05, 3.63) is 84.4 Å². The number of para-hydroxylation sites is 2. The number of hydrogen-bond acceptors (Lipinski definition) is 6. The molecule has 5 aromatic rings. The zero-order chi connectivity index (χ0) is 26.1. The Morgan fingerprint density at radius 2 is 1.82 bits per heavy atom. The highest BCUT2D eigenvalue weighted by molar-refractivity contribution is 6.02. The van der Waals surface area contributed by atoms with Gasteiger partial charge in [0.1, 0.15) is 23.6 Å². The van der Waals surface area contributed by atoms with Gasteiger partial charge in [0.15, 0.2) is 6.04 Å². The molecule has 38 heavy (non-hydrogen) atoms. The molecule has 9 heteroatoms. The lowest BCUT2D eigenvalue weighted by atomic mass is 10.1. The highest BCUT2D eigenvalue weighted by Crippen LogP contribution is 2.32. The van der Waals surface area contributed by atoms with Crippen molar-refractivity contribution in [2.24, 2.45) is 0 Å². The first-order valence-corrected chi connectivity index (χ1v) is 12.9. The van der Waals surface area contributed by atoms with Crippen LogP contribution in [0.5, 0.6) is 0 Å². The Hall–Kier alpha value is -4.53. The highest BCUT2D eigenvalue weighted by atomic mass is 16.3. The van der Waals surface area contributed by atoms with E-state index < -0.39 is 6.04 Å². The van der Waals surface area contributed by atoms with Crippen molar-refractivity contribution in [1.82, 2.24) is 25.3 Å². The zero-order valence-corrected chi connectivity index (χ0v) is 21.1. The molecule has 1 aliphatic rings. The molecule has 0 spiro atoms. The maximum atomic E-state index is 14.1. The summed E-state index contributed by atoms with van der Waals surface area (Å²) in [5, 5.41) is 12.4. The van der Waals surface area contributed by atoms with Gasteiger partial charge >= 0.3 is 0 Å². The number of furan rings is 1. The average Bonchev–Trinajstić information content (AvgIpc) is 3.69. The first-order chi connectivity index (χ1) is 18.6. The second kappa shape index (κ2) is 10.1. The number of anilines is 1. The van der Waals surface area contributed by atoms with E-state index in [9.17, 15) is 9.59 Å². The number of hydrogen-bond donors (Lipinski definition) is 1. The molecule has 1 N–H and O–H groups in total. The monoisotopic (exact) mass is 508 g/mol. The lowest BCUT2D eigenvalue weighted by molar-refractivity contribution is -0.127. The Morgan fingerprint density at radius 3 is 2.61 bits per heavy atom. The van der Waals surface area contributed by atoms with Gasteiger partial charge in [0.05, 0.1) is 22.9 Å². The van der Waals surface area contributed by atoms with Gasteiger partial charge in [0.2, 0.25) is 5.91 Å². The molecule has 1 aliphatic carbocycles. The van der Waals surface area contributed by atoms with Crippen LogP contribution in [0.25, 0.3) is 21.9 Å². The Bertz CT molecular complexity index is 1620. The van der Waals surface area contributed by atoms with Crippen molar-refractivity contribution < 1.29 is 14.0 Å². The number of benzene rings is 2. The molecule has 0 radical (unpaired) electrons. The molecule has 0 saturated heterocycles. The minimum absolute atomic E-state index is 0.0759. The summed E-state index contributed by atoms with van der Waals surface area (Å²) < 4.78 is 7.52. The Kier molecular flexibility index (Phi) is 6.33. The number of aromatic nitrogens is 4. The molecule has 192 valence electrons. The van der Waals surface area contributed by atoms with Crippen molar-refractivity contribution in [2.75, 3.05) is 4.90 Å². The molecular weight excluding hydrogens is 480 g/mol. The molecule has 0 aliphatic heterocycles. The van der Waals surface area contributed by atoms with Gasteiger partial charge in [-0.15, -0.1) is 5.10 Å². The van der Waals surface area contributed by atoms with E-state index in [0.29, 0.717) is 22.7 Å². The predicted molar refractivity (Wildman–Crippen MR) is 143 cm³/mol. The van der Waals surface area contributed by atoms with Crippen LogP contribution in [0.2, 0.25) is 0 Å². The molecule has 0 bridgehead atoms. The summed E-state index contributed by atoms with van der Waals surface area (Å²) in [6.07, 6.45) is 5.63. The SMILES string of the molecule is Cc1ccc([C@@H](C(=O)NC2CCCC2)N(C(=O)Cn2nnc3ccccc32)c2cnc3ccccc3c2)o1. The van der Waals surface area contributed by atoms with Gasteiger partial charge in [-0.2, -0.15) is 0 Å². The summed E-state index contributed by atoms with van der Waals surface area (Å²) in [5.74, 6) is 0.433. The molecule has 1 fully saturated rings. The quantitative estimate of drug-likeness (QED) is 0.341. The number of fused-ring (bicyclic) bond motifs is 2. The van der Waals surface area contributed by atoms with Crippen LogP contribution in [0.4, 0.5) is 5.69 Å². The minimum Gasteiger partial charge on any atom is -0.464 e. The number of pyridine rings is 1. The molecule has 6 rings (SSSR count). The second-order valence-corrected chi connectivity index (χ2v) is 9.73. The van der Waals surface area contributed by atoms with Crippen LogP contribution < -0.4 is 10.2 Å². The maximum absolute atomic E-state index is 14.1. The Labute approximate surface area is 219 Å². The van der Waals surface area contributed by atoms with E-state index in [1.54, 1.807) is 23.0 Å². The molecule has 2 amide bonds. The number of nitrogens with zero attached hydrogens (tertiary/aromatic N) is 5. The van der Waals surface area contributed by atoms with Crippen molar-refractivity contribution in [1.29, 1.82) is 0 Å². The molecule has 1 atom stereocenters. The minimum atomic E-state index is -1.02. The van der Waals surface area contributed by atoms with Crippen LogP contribution in [-0.2, 0) is 16.1 Å². The summed E-state index contributed by atoms with van der Waals surface area (Å²) in [6.45, 7) is 1.71. The second-order valence-electron chi connectivity index (χ2n) is 9.73. The Balaban J connectivity index is 1.45. The number of nitrogens with one attached hydrogen (secondary N) is 1. The van der Waals surface area contributed by atoms with Crippen LogP contribution in [0.3, 0.4) is 0 Å². The molecule has 1 saturated carbocycles. The number of rotatable bonds is 7. The smallest absolute Gasteiger partial charge is 0.251 e. The third-order valence-electron chi connectivity index (χ3n) is 7.07. The van der Waals surface area contributed by atoms with Crippen molar-refractivity contribution >= 4 is 39.4 Å². The molecule has 3 heterocycles. The van der Waals surface area contributed by atoms with E-state index in [-0.39, 0.29) is 24.4 Å². The predicted octanol–water partition coefficient (Wildman–Crippen LogP) is 4.71. The fraction of sp³-hybridized carbons (Fsp3) is 0.276. The first-order valence-electron chi connectivity index (χ1n) is 12.9. The number of aryl methyl sites for hydroxylation is 1. The number of amides is 2. The van der Waals surface area contributed by atoms with Crippen LogP contribution in [0.1, 0.15) is 43.2 Å². The molecular formula is C29H28N6O3. The summed E-state index contributed by atoms with van der Waals surface area (Å²) in [5.41, 5.74) is 2.72. The van der Waals surface area contributed by atoms with Gasteiger partial charge < -0.3 is 9.73 Å². The average molecular weight is 509 g/mol. The van der Waals surface area contributed by atoms with Crippen molar-refractivity contribution in [3.63, 3.8) is 0 Å². The summed E-state index contributed by atoms with van der Waals surface area (Å²) >= 11 is 0. The maximum Gasteiger partial charge on any atom is 0.251 e. The fourth-order valence-corrected chi connectivity index (χ4v) is 5.19. The molecule has 0 unspecified atom stereocenters. The van der Waals surface area contributed by atoms with Gasteiger partial charge in [0.25, 0.3) is 5.91 Å². The summed E-state index contributed by atoms with van der Waals surface area (Å²) in [4.78, 5) is 34.1. The topological polar surface area (TPSA) is 106 Å². The van der Waals surface area contributed by atoms with Gasteiger partial charge in [-0.25, -0.2) is 4.68 Å². The van der Waals surface area contributed by atoms with Crippen LogP contribution in [-0.4, -0.2) is 37.8 Å². The normalized spacial score (nSPS) is 14.7. The van der Waals surface area contributed by atoms with E-state index in [4.69, 9.17) is 4.42 Å². The summed E-state index contributed by atoms with van der Waals surface area (Å²) in [7, 11) is 0. The third kappa shape index (κ3) is 4.63. The van der Waals surface area contributed by atoms with E-state index in [2.05, 4.69) is 20.6 Å². The molecule has 3 aromatic heterocycles. The van der Waals surface area contributed by atoms with E-state index in [0.717, 1.165) is 42.1 Å². The van der Waals surface area contributed by atoms with Crippen LogP contribution in [0, 0.1) is 6.92 Å². The van der Waals surface area contributed by atoms with Gasteiger partial charge in [-0.1, -0.05) is 48.4 Å². The highest BCUT2D eigenvalue weighted by Gasteiger charge is 2.37. The van der Waals surface area contributed by atoms with Gasteiger partial charge in [0, 0.05) is 11.4 Å². The zero-order valence-electron chi connectivity index (χ0n) is 21.1. The van der Waals surface area contributed by atoms with Gasteiger partial charge in [-0.05, 0) is 56.2 Å². The van der Waals surface area contributed by atoms with Crippen LogP contribution >= 0.6 is 0 Å². The van der Waals surface area contributed by atoms with E-state index >= 15 is 0 Å². The number of carbonyl (C=O) groups is 2. The van der Waals surface area contributed by atoms with E-state index in [1.165, 1.54) is 4.90 Å². The molecule has 9 nitrogen and oxygen atoms in total. The molecule has 2 aromatic carbocycles. The largest absolute Gasteiger partial charge is 0.464 e. The lowest BCUT2D eigenvalue weighted by Gasteiger charge is -2.30. The fourth-order valence-electron chi connectivity index (χ4n) is 5.19. The summed E-state index contributed by atoms with van der Waals surface area (Å²) in [6, 6.07) is 19.6. The van der Waals surface area contributed by atoms with E-state index in [1.807, 2.05) is 61.5 Å². The Morgan fingerprint density at radius 1 is 1.05 bits per heavy atom. The first kappa shape index (κ1) is 23.8. The van der Waals surface area contributed by atoms with Crippen molar-refractivity contribution in [2.45, 2.75) is 51.2 Å². The van der Waals surface area contributed by atoms with Gasteiger partial charge in [-0.3, -0.25) is 19.5 Å². The van der Waals surface area contributed by atoms with Crippen molar-refractivity contribution in [3.8, 4) is 0 Å². The third-order valence-corrected chi connectivity index (χ3v) is 7.07. The number of carbonyl (C=O) groups excluding carboxylic acids is 2. The van der Waals surface area contributed by atoms with Crippen LogP contribution in [0.15, 0.2) is 77.3 Å².